The monoisotopic (exact) mass is 212 g/mol. The third-order valence-electron chi connectivity index (χ3n) is 3.79. The first-order chi connectivity index (χ1) is 7.18. The smallest absolute Gasteiger partial charge is 0.306 e. The van der Waals surface area contributed by atoms with E-state index in [0.717, 1.165) is 38.9 Å². The lowest BCUT2D eigenvalue weighted by atomic mass is 9.80. The maximum absolute atomic E-state index is 11.2. The predicted octanol–water partition coefficient (Wildman–Crippen LogP) is 0.391. The van der Waals surface area contributed by atoms with E-state index in [1.165, 1.54) is 0 Å². The third-order valence-corrected chi connectivity index (χ3v) is 3.79. The zero-order chi connectivity index (χ0) is 10.8. The Kier molecular flexibility index (Phi) is 3.26. The van der Waals surface area contributed by atoms with Crippen LogP contribution >= 0.6 is 0 Å². The minimum atomic E-state index is -0.607. The molecule has 0 bridgehead atoms. The molecule has 2 saturated heterocycles. The van der Waals surface area contributed by atoms with Crippen LogP contribution in [0.5, 0.6) is 0 Å². The normalized spacial score (nSPS) is 38.1. The van der Waals surface area contributed by atoms with Crippen LogP contribution in [-0.2, 0) is 4.79 Å². The first-order valence-corrected chi connectivity index (χ1v) is 5.83. The molecular formula is C11H20N2O2. The SMILES string of the molecule is CN1CCC2NCCCC(C(=O)O)C2C1. The lowest BCUT2D eigenvalue weighted by Crippen LogP contribution is -2.50. The van der Waals surface area contributed by atoms with Crippen LogP contribution < -0.4 is 5.32 Å². The molecule has 2 aliphatic rings. The first kappa shape index (κ1) is 10.9. The Hall–Kier alpha value is -0.610. The summed E-state index contributed by atoms with van der Waals surface area (Å²) in [6.07, 6.45) is 2.91. The third kappa shape index (κ3) is 2.32. The van der Waals surface area contributed by atoms with Gasteiger partial charge in [0.1, 0.15) is 0 Å². The van der Waals surface area contributed by atoms with E-state index < -0.39 is 5.97 Å². The average molecular weight is 212 g/mol. The molecule has 0 aliphatic carbocycles. The number of hydrogen-bond donors (Lipinski definition) is 2. The predicted molar refractivity (Wildman–Crippen MR) is 57.8 cm³/mol. The van der Waals surface area contributed by atoms with Gasteiger partial charge in [-0.25, -0.2) is 0 Å². The zero-order valence-corrected chi connectivity index (χ0v) is 9.28. The molecule has 0 radical (unpaired) electrons. The Morgan fingerprint density at radius 3 is 3.00 bits per heavy atom. The summed E-state index contributed by atoms with van der Waals surface area (Å²) in [7, 11) is 2.08. The van der Waals surface area contributed by atoms with E-state index in [2.05, 4.69) is 17.3 Å². The van der Waals surface area contributed by atoms with E-state index in [4.69, 9.17) is 0 Å². The number of hydrogen-bond acceptors (Lipinski definition) is 3. The second kappa shape index (κ2) is 4.49. The summed E-state index contributed by atoms with van der Waals surface area (Å²) in [6.45, 7) is 2.99. The average Bonchev–Trinajstić information content (AvgIpc) is 2.39. The molecule has 2 heterocycles. The topological polar surface area (TPSA) is 52.6 Å². The number of carboxylic acid groups (broad SMARTS) is 1. The van der Waals surface area contributed by atoms with Gasteiger partial charge in [-0.15, -0.1) is 0 Å². The summed E-state index contributed by atoms with van der Waals surface area (Å²) in [6, 6.07) is 0.421. The molecule has 0 amide bonds. The van der Waals surface area contributed by atoms with Crippen LogP contribution in [0.2, 0.25) is 0 Å². The van der Waals surface area contributed by atoms with Gasteiger partial charge in [0.25, 0.3) is 0 Å². The quantitative estimate of drug-likeness (QED) is 0.660. The van der Waals surface area contributed by atoms with Crippen molar-refractivity contribution in [2.24, 2.45) is 11.8 Å². The van der Waals surface area contributed by atoms with Gasteiger partial charge in [0.15, 0.2) is 0 Å². The lowest BCUT2D eigenvalue weighted by Gasteiger charge is -2.38. The van der Waals surface area contributed by atoms with E-state index >= 15 is 0 Å². The van der Waals surface area contributed by atoms with Gasteiger partial charge in [0, 0.05) is 18.5 Å². The highest BCUT2D eigenvalue weighted by Crippen LogP contribution is 2.29. The molecule has 2 aliphatic heterocycles. The van der Waals surface area contributed by atoms with Gasteiger partial charge in [-0.3, -0.25) is 4.79 Å². The fraction of sp³-hybridized carbons (Fsp3) is 0.909. The van der Waals surface area contributed by atoms with Crippen molar-refractivity contribution < 1.29 is 9.90 Å². The van der Waals surface area contributed by atoms with Gasteiger partial charge in [-0.1, -0.05) is 0 Å². The molecule has 0 saturated carbocycles. The van der Waals surface area contributed by atoms with Crippen LogP contribution in [0.1, 0.15) is 19.3 Å². The molecule has 2 rings (SSSR count). The molecule has 2 N–H and O–H groups in total. The van der Waals surface area contributed by atoms with Crippen molar-refractivity contribution in [2.75, 3.05) is 26.7 Å². The molecule has 86 valence electrons. The Morgan fingerprint density at radius 1 is 1.47 bits per heavy atom. The number of rotatable bonds is 1. The van der Waals surface area contributed by atoms with Crippen LogP contribution in [0.25, 0.3) is 0 Å². The van der Waals surface area contributed by atoms with E-state index in [1.807, 2.05) is 0 Å². The van der Waals surface area contributed by atoms with Crippen molar-refractivity contribution in [3.05, 3.63) is 0 Å². The Labute approximate surface area is 90.6 Å². The highest BCUT2D eigenvalue weighted by Gasteiger charge is 2.38. The summed E-state index contributed by atoms with van der Waals surface area (Å²) < 4.78 is 0. The summed E-state index contributed by atoms with van der Waals surface area (Å²) in [4.78, 5) is 13.5. The number of likely N-dealkylation sites (tertiary alicyclic amines) is 1. The molecule has 0 spiro atoms. The van der Waals surface area contributed by atoms with Gasteiger partial charge in [-0.05, 0) is 39.4 Å². The summed E-state index contributed by atoms with van der Waals surface area (Å²) in [5.74, 6) is -0.458. The number of nitrogens with one attached hydrogen (secondary N) is 1. The molecule has 2 fully saturated rings. The Bertz CT molecular complexity index is 245. The summed E-state index contributed by atoms with van der Waals surface area (Å²) >= 11 is 0. The van der Waals surface area contributed by atoms with E-state index in [0.29, 0.717) is 12.0 Å². The van der Waals surface area contributed by atoms with Crippen molar-refractivity contribution in [1.82, 2.24) is 10.2 Å². The lowest BCUT2D eigenvalue weighted by molar-refractivity contribution is -0.144. The van der Waals surface area contributed by atoms with Crippen molar-refractivity contribution >= 4 is 5.97 Å². The first-order valence-electron chi connectivity index (χ1n) is 5.83. The molecular weight excluding hydrogens is 192 g/mol. The van der Waals surface area contributed by atoms with E-state index in [1.54, 1.807) is 0 Å². The minimum Gasteiger partial charge on any atom is -0.481 e. The van der Waals surface area contributed by atoms with Crippen LogP contribution in [0.15, 0.2) is 0 Å². The van der Waals surface area contributed by atoms with Crippen LogP contribution in [0.4, 0.5) is 0 Å². The molecule has 15 heavy (non-hydrogen) atoms. The van der Waals surface area contributed by atoms with Gasteiger partial charge < -0.3 is 15.3 Å². The number of piperidine rings is 1. The zero-order valence-electron chi connectivity index (χ0n) is 9.28. The van der Waals surface area contributed by atoms with Crippen molar-refractivity contribution in [1.29, 1.82) is 0 Å². The Morgan fingerprint density at radius 2 is 2.27 bits per heavy atom. The van der Waals surface area contributed by atoms with Gasteiger partial charge in [0.05, 0.1) is 5.92 Å². The second-order valence-electron chi connectivity index (χ2n) is 4.86. The maximum Gasteiger partial charge on any atom is 0.306 e. The van der Waals surface area contributed by atoms with Gasteiger partial charge in [0.2, 0.25) is 0 Å². The van der Waals surface area contributed by atoms with E-state index in [9.17, 15) is 9.90 Å². The fourth-order valence-electron chi connectivity index (χ4n) is 2.94. The molecule has 0 aromatic heterocycles. The van der Waals surface area contributed by atoms with Gasteiger partial charge >= 0.3 is 5.97 Å². The molecule has 4 nitrogen and oxygen atoms in total. The van der Waals surface area contributed by atoms with Crippen LogP contribution in [-0.4, -0.2) is 48.7 Å². The number of carbonyl (C=O) groups is 1. The number of aliphatic carboxylic acids is 1. The number of carboxylic acids is 1. The molecule has 3 unspecified atom stereocenters. The van der Waals surface area contributed by atoms with Crippen molar-refractivity contribution in [3.63, 3.8) is 0 Å². The molecule has 0 aromatic carbocycles. The molecule has 0 aromatic rings. The van der Waals surface area contributed by atoms with Gasteiger partial charge in [-0.2, -0.15) is 0 Å². The van der Waals surface area contributed by atoms with Crippen molar-refractivity contribution in [2.45, 2.75) is 25.3 Å². The number of fused-ring (bicyclic) bond motifs is 1. The maximum atomic E-state index is 11.2. The largest absolute Gasteiger partial charge is 0.481 e. The van der Waals surface area contributed by atoms with Crippen LogP contribution in [0.3, 0.4) is 0 Å². The Balaban J connectivity index is 2.12. The van der Waals surface area contributed by atoms with Crippen LogP contribution in [0, 0.1) is 11.8 Å². The molecule has 4 heteroatoms. The van der Waals surface area contributed by atoms with E-state index in [-0.39, 0.29) is 5.92 Å². The van der Waals surface area contributed by atoms with Crippen molar-refractivity contribution in [3.8, 4) is 0 Å². The second-order valence-corrected chi connectivity index (χ2v) is 4.86. The molecule has 3 atom stereocenters. The minimum absolute atomic E-state index is 0.146. The fourth-order valence-corrected chi connectivity index (χ4v) is 2.94. The highest BCUT2D eigenvalue weighted by molar-refractivity contribution is 5.70. The summed E-state index contributed by atoms with van der Waals surface area (Å²) in [5, 5.41) is 12.7. The number of nitrogens with zero attached hydrogens (tertiary/aromatic N) is 1. The highest BCUT2D eigenvalue weighted by atomic mass is 16.4. The standard InChI is InChI=1S/C11H20N2O2/c1-13-6-4-10-9(7-13)8(11(14)15)3-2-5-12-10/h8-10,12H,2-7H2,1H3,(H,14,15). The summed E-state index contributed by atoms with van der Waals surface area (Å²) in [5.41, 5.74) is 0.